The first-order valence-corrected chi connectivity index (χ1v) is 3.95. The van der Waals surface area contributed by atoms with Gasteiger partial charge in [0.25, 0.3) is 0 Å². The topological polar surface area (TPSA) is 52.6 Å². The van der Waals surface area contributed by atoms with Crippen molar-refractivity contribution in [3.05, 3.63) is 35.5 Å². The van der Waals surface area contributed by atoms with Crippen LogP contribution in [0.1, 0.15) is 0 Å². The first-order valence-electron chi connectivity index (χ1n) is 3.95. The number of esters is 2. The lowest BCUT2D eigenvalue weighted by Gasteiger charge is -1.94. The van der Waals surface area contributed by atoms with Gasteiger partial charge in [-0.2, -0.15) is 0 Å². The van der Waals surface area contributed by atoms with Gasteiger partial charge < -0.3 is 9.47 Å². The highest BCUT2D eigenvalue weighted by molar-refractivity contribution is 5.95. The Morgan fingerprint density at radius 1 is 1.21 bits per heavy atom. The largest absolute Gasteiger partial charge is 0.466 e. The minimum absolute atomic E-state index is 0.419. The molecule has 0 aromatic heterocycles. The Bertz CT molecular complexity index is 347. The smallest absolute Gasteiger partial charge is 0.337 e. The molecule has 0 radical (unpaired) electrons. The number of carbonyl (C=O) groups is 2. The predicted molar refractivity (Wildman–Crippen MR) is 49.3 cm³/mol. The maximum atomic E-state index is 11.0. The highest BCUT2D eigenvalue weighted by atomic mass is 16.5. The van der Waals surface area contributed by atoms with Gasteiger partial charge in [-0.05, 0) is 17.7 Å². The van der Waals surface area contributed by atoms with E-state index >= 15 is 0 Å². The zero-order valence-corrected chi connectivity index (χ0v) is 7.94. The number of carbonyl (C=O) groups excluding carboxylic acids is 2. The number of hydrogen-bond donors (Lipinski definition) is 0. The van der Waals surface area contributed by atoms with Crippen LogP contribution >= 0.6 is 0 Å². The lowest BCUT2D eigenvalue weighted by molar-refractivity contribution is -0.136. The van der Waals surface area contributed by atoms with Gasteiger partial charge in [-0.15, -0.1) is 0 Å². The van der Waals surface area contributed by atoms with E-state index in [1.165, 1.54) is 20.3 Å². The second kappa shape index (κ2) is 4.41. The third-order valence-electron chi connectivity index (χ3n) is 1.68. The summed E-state index contributed by atoms with van der Waals surface area (Å²) < 4.78 is 8.95. The SMILES string of the molecule is COC(=O)/C=C1/C=CC(C(=O)OC)=C1. The molecule has 0 saturated carbocycles. The average Bonchev–Trinajstić information content (AvgIpc) is 2.65. The Morgan fingerprint density at radius 3 is 2.50 bits per heavy atom. The Morgan fingerprint density at radius 2 is 1.93 bits per heavy atom. The maximum absolute atomic E-state index is 11.0. The highest BCUT2D eigenvalue weighted by Crippen LogP contribution is 2.15. The fourth-order valence-corrected chi connectivity index (χ4v) is 0.991. The predicted octanol–water partition coefficient (Wildman–Crippen LogP) is 0.755. The summed E-state index contributed by atoms with van der Waals surface area (Å²) in [5, 5.41) is 0. The molecule has 0 spiro atoms. The van der Waals surface area contributed by atoms with Crippen LogP contribution in [0.15, 0.2) is 35.5 Å². The Balaban J connectivity index is 2.78. The molecule has 4 heteroatoms. The maximum Gasteiger partial charge on any atom is 0.337 e. The molecule has 0 fully saturated rings. The van der Waals surface area contributed by atoms with E-state index in [0.717, 1.165) is 0 Å². The van der Waals surface area contributed by atoms with Crippen LogP contribution in [0.25, 0.3) is 0 Å². The number of rotatable bonds is 2. The van der Waals surface area contributed by atoms with Crippen LogP contribution in [-0.4, -0.2) is 26.2 Å². The first kappa shape index (κ1) is 10.2. The molecule has 0 N–H and O–H groups in total. The molecule has 0 unspecified atom stereocenters. The summed E-state index contributed by atoms with van der Waals surface area (Å²) in [7, 11) is 2.60. The summed E-state index contributed by atoms with van der Waals surface area (Å²) in [5.41, 5.74) is 1.04. The van der Waals surface area contributed by atoms with Gasteiger partial charge in [-0.3, -0.25) is 0 Å². The molecule has 0 heterocycles. The molecule has 0 aliphatic heterocycles. The van der Waals surface area contributed by atoms with Crippen LogP contribution in [0, 0.1) is 0 Å². The molecule has 0 amide bonds. The molecular formula is C10H10O4. The lowest BCUT2D eigenvalue weighted by Crippen LogP contribution is -2.00. The minimum Gasteiger partial charge on any atom is -0.466 e. The molecule has 0 bridgehead atoms. The van der Waals surface area contributed by atoms with Crippen molar-refractivity contribution in [2.45, 2.75) is 0 Å². The van der Waals surface area contributed by atoms with Crippen molar-refractivity contribution in [2.24, 2.45) is 0 Å². The second-order valence-corrected chi connectivity index (χ2v) is 2.59. The Labute approximate surface area is 81.5 Å². The van der Waals surface area contributed by atoms with Crippen LogP contribution in [0.5, 0.6) is 0 Å². The van der Waals surface area contributed by atoms with Gasteiger partial charge in [0.15, 0.2) is 0 Å². The highest BCUT2D eigenvalue weighted by Gasteiger charge is 2.11. The van der Waals surface area contributed by atoms with E-state index in [1.807, 2.05) is 0 Å². The standard InChI is InChI=1S/C10H10O4/c1-13-9(11)6-7-3-4-8(5-7)10(12)14-2/h3-6H,1-2H3/b7-6-. The van der Waals surface area contributed by atoms with E-state index in [4.69, 9.17) is 0 Å². The third kappa shape index (κ3) is 2.32. The van der Waals surface area contributed by atoms with Crippen molar-refractivity contribution in [3.8, 4) is 0 Å². The van der Waals surface area contributed by atoms with Crippen LogP contribution in [0.3, 0.4) is 0 Å². The summed E-state index contributed by atoms with van der Waals surface area (Å²) in [6.07, 6.45) is 6.08. The molecule has 1 rings (SSSR count). The summed E-state index contributed by atoms with van der Waals surface area (Å²) in [6.45, 7) is 0. The molecular weight excluding hydrogens is 184 g/mol. The van der Waals surface area contributed by atoms with Crippen LogP contribution in [0.4, 0.5) is 0 Å². The van der Waals surface area contributed by atoms with Crippen molar-refractivity contribution in [3.63, 3.8) is 0 Å². The van der Waals surface area contributed by atoms with E-state index in [1.54, 1.807) is 18.2 Å². The third-order valence-corrected chi connectivity index (χ3v) is 1.68. The van der Waals surface area contributed by atoms with Gasteiger partial charge in [0.05, 0.1) is 19.8 Å². The molecule has 74 valence electrons. The van der Waals surface area contributed by atoms with Crippen LogP contribution < -0.4 is 0 Å². The summed E-state index contributed by atoms with van der Waals surface area (Å²) in [5.74, 6) is -0.874. The summed E-state index contributed by atoms with van der Waals surface area (Å²) >= 11 is 0. The second-order valence-electron chi connectivity index (χ2n) is 2.59. The Hall–Kier alpha value is -1.84. The van der Waals surface area contributed by atoms with Crippen LogP contribution in [0.2, 0.25) is 0 Å². The molecule has 14 heavy (non-hydrogen) atoms. The molecule has 0 saturated heterocycles. The van der Waals surface area contributed by atoms with Crippen LogP contribution in [-0.2, 0) is 19.1 Å². The first-order chi connectivity index (χ1) is 6.67. The van der Waals surface area contributed by atoms with Gasteiger partial charge in [0.2, 0.25) is 0 Å². The minimum atomic E-state index is -0.452. The molecule has 0 atom stereocenters. The van der Waals surface area contributed by atoms with Crippen molar-refractivity contribution >= 4 is 11.9 Å². The number of hydrogen-bond acceptors (Lipinski definition) is 4. The van der Waals surface area contributed by atoms with Gasteiger partial charge in [0.1, 0.15) is 0 Å². The fourth-order valence-electron chi connectivity index (χ4n) is 0.991. The van der Waals surface area contributed by atoms with E-state index < -0.39 is 11.9 Å². The summed E-state index contributed by atoms with van der Waals surface area (Å²) in [4.78, 5) is 21.9. The molecule has 1 aliphatic rings. The number of methoxy groups -OCH3 is 2. The molecule has 0 aromatic carbocycles. The zero-order chi connectivity index (χ0) is 10.6. The van der Waals surface area contributed by atoms with E-state index in [-0.39, 0.29) is 0 Å². The summed E-state index contributed by atoms with van der Waals surface area (Å²) in [6, 6.07) is 0. The van der Waals surface area contributed by atoms with Gasteiger partial charge in [0, 0.05) is 6.08 Å². The van der Waals surface area contributed by atoms with Gasteiger partial charge in [-0.25, -0.2) is 9.59 Å². The van der Waals surface area contributed by atoms with Gasteiger partial charge in [-0.1, -0.05) is 6.08 Å². The van der Waals surface area contributed by atoms with Crippen molar-refractivity contribution in [2.75, 3.05) is 14.2 Å². The normalized spacial score (nSPS) is 16.7. The lowest BCUT2D eigenvalue weighted by atomic mass is 10.2. The van der Waals surface area contributed by atoms with Crippen molar-refractivity contribution < 1.29 is 19.1 Å². The van der Waals surface area contributed by atoms with E-state index in [2.05, 4.69) is 9.47 Å². The zero-order valence-electron chi connectivity index (χ0n) is 7.94. The fraction of sp³-hybridized carbons (Fsp3) is 0.200. The molecule has 0 aromatic rings. The number of ether oxygens (including phenoxy) is 2. The monoisotopic (exact) mass is 194 g/mol. The average molecular weight is 194 g/mol. The number of allylic oxidation sites excluding steroid dienone is 3. The quantitative estimate of drug-likeness (QED) is 0.481. The van der Waals surface area contributed by atoms with E-state index in [9.17, 15) is 9.59 Å². The van der Waals surface area contributed by atoms with E-state index in [0.29, 0.717) is 11.1 Å². The van der Waals surface area contributed by atoms with Crippen molar-refractivity contribution in [1.29, 1.82) is 0 Å². The Kier molecular flexibility index (Phi) is 3.23. The molecule has 4 nitrogen and oxygen atoms in total. The van der Waals surface area contributed by atoms with Crippen molar-refractivity contribution in [1.82, 2.24) is 0 Å². The molecule has 1 aliphatic carbocycles. The van der Waals surface area contributed by atoms with Gasteiger partial charge >= 0.3 is 11.9 Å².